The second kappa shape index (κ2) is 5.99. The molecular weight excluding hydrogens is 212 g/mol. The number of hydrogen-bond acceptors (Lipinski definition) is 2. The summed E-state index contributed by atoms with van der Waals surface area (Å²) in [6.07, 6.45) is 8.14. The zero-order valence-corrected chi connectivity index (χ0v) is 11.3. The van der Waals surface area contributed by atoms with Crippen LogP contribution in [0.4, 0.5) is 0 Å². The lowest BCUT2D eigenvalue weighted by Gasteiger charge is -2.32. The first kappa shape index (κ1) is 13.1. The monoisotopic (exact) mass is 238 g/mol. The van der Waals surface area contributed by atoms with Gasteiger partial charge < -0.3 is 4.74 Å². The molecule has 98 valence electrons. The van der Waals surface area contributed by atoms with E-state index >= 15 is 0 Å². The van der Waals surface area contributed by atoms with Gasteiger partial charge in [-0.3, -0.25) is 4.79 Å². The van der Waals surface area contributed by atoms with Gasteiger partial charge in [0.1, 0.15) is 5.78 Å². The first-order chi connectivity index (χ1) is 8.16. The molecule has 0 aromatic carbocycles. The van der Waals surface area contributed by atoms with Crippen LogP contribution in [0.1, 0.15) is 58.8 Å². The minimum absolute atomic E-state index is 0.315. The number of carbonyl (C=O) groups excluding carboxylic acids is 1. The minimum atomic E-state index is 0.315. The van der Waals surface area contributed by atoms with Crippen LogP contribution in [-0.4, -0.2) is 18.5 Å². The molecule has 0 amide bonds. The van der Waals surface area contributed by atoms with Crippen molar-refractivity contribution >= 4 is 5.78 Å². The number of ketones is 1. The Bertz CT molecular complexity index is 262. The van der Waals surface area contributed by atoms with Gasteiger partial charge in [0.15, 0.2) is 0 Å². The highest BCUT2D eigenvalue weighted by Crippen LogP contribution is 2.31. The Morgan fingerprint density at radius 2 is 2.00 bits per heavy atom. The molecule has 2 saturated carbocycles. The molecule has 2 heteroatoms. The standard InChI is InChI=1S/C15H26O2/c1-11-6-7-14(10-12(11)2)17-9-8-13-4-3-5-15(13)16/h11-14H,3-10H2,1-2H3. The Hall–Kier alpha value is -0.370. The highest BCUT2D eigenvalue weighted by atomic mass is 16.5. The second-order valence-electron chi connectivity index (χ2n) is 6.10. The first-order valence-electron chi connectivity index (χ1n) is 7.31. The van der Waals surface area contributed by atoms with E-state index in [1.807, 2.05) is 0 Å². The quantitative estimate of drug-likeness (QED) is 0.748. The molecule has 2 aliphatic rings. The van der Waals surface area contributed by atoms with Gasteiger partial charge >= 0.3 is 0 Å². The predicted molar refractivity (Wildman–Crippen MR) is 68.9 cm³/mol. The summed E-state index contributed by atoms with van der Waals surface area (Å²) >= 11 is 0. The van der Waals surface area contributed by atoms with Crippen molar-refractivity contribution in [3.05, 3.63) is 0 Å². The van der Waals surface area contributed by atoms with Crippen LogP contribution < -0.4 is 0 Å². The molecule has 0 aromatic heterocycles. The SMILES string of the molecule is CC1CCC(OCCC2CCCC2=O)CC1C. The summed E-state index contributed by atoms with van der Waals surface area (Å²) in [5.74, 6) is 2.43. The lowest BCUT2D eigenvalue weighted by Crippen LogP contribution is -2.27. The molecule has 0 heterocycles. The summed E-state index contributed by atoms with van der Waals surface area (Å²) in [5, 5.41) is 0. The van der Waals surface area contributed by atoms with Gasteiger partial charge in [0.2, 0.25) is 0 Å². The number of carbonyl (C=O) groups is 1. The van der Waals surface area contributed by atoms with Gasteiger partial charge in [-0.2, -0.15) is 0 Å². The Morgan fingerprint density at radius 3 is 2.65 bits per heavy atom. The Kier molecular flexibility index (Phi) is 4.61. The van der Waals surface area contributed by atoms with Crippen molar-refractivity contribution in [3.8, 4) is 0 Å². The zero-order chi connectivity index (χ0) is 12.3. The molecule has 0 aliphatic heterocycles. The van der Waals surface area contributed by atoms with E-state index in [1.54, 1.807) is 0 Å². The minimum Gasteiger partial charge on any atom is -0.378 e. The molecule has 2 nitrogen and oxygen atoms in total. The van der Waals surface area contributed by atoms with Crippen LogP contribution >= 0.6 is 0 Å². The highest BCUT2D eigenvalue weighted by Gasteiger charge is 2.27. The van der Waals surface area contributed by atoms with E-state index in [-0.39, 0.29) is 0 Å². The summed E-state index contributed by atoms with van der Waals surface area (Å²) in [7, 11) is 0. The van der Waals surface area contributed by atoms with Crippen molar-refractivity contribution in [1.82, 2.24) is 0 Å². The van der Waals surface area contributed by atoms with Crippen molar-refractivity contribution in [1.29, 1.82) is 0 Å². The first-order valence-corrected chi connectivity index (χ1v) is 7.31. The van der Waals surface area contributed by atoms with Gasteiger partial charge in [-0.15, -0.1) is 0 Å². The lowest BCUT2D eigenvalue weighted by atomic mass is 9.80. The van der Waals surface area contributed by atoms with E-state index in [0.717, 1.165) is 44.1 Å². The average molecular weight is 238 g/mol. The van der Waals surface area contributed by atoms with E-state index in [1.165, 1.54) is 19.3 Å². The molecule has 2 rings (SSSR count). The van der Waals surface area contributed by atoms with Gasteiger partial charge in [-0.05, 0) is 50.4 Å². The Balaban J connectivity index is 1.63. The van der Waals surface area contributed by atoms with Crippen LogP contribution in [0, 0.1) is 17.8 Å². The second-order valence-corrected chi connectivity index (χ2v) is 6.10. The van der Waals surface area contributed by atoms with Gasteiger partial charge in [-0.1, -0.05) is 13.8 Å². The summed E-state index contributed by atoms with van der Waals surface area (Å²) in [6, 6.07) is 0. The largest absolute Gasteiger partial charge is 0.378 e. The summed E-state index contributed by atoms with van der Waals surface area (Å²) < 4.78 is 5.96. The van der Waals surface area contributed by atoms with Gasteiger partial charge in [0, 0.05) is 18.9 Å². The van der Waals surface area contributed by atoms with Crippen molar-refractivity contribution in [3.63, 3.8) is 0 Å². The van der Waals surface area contributed by atoms with Crippen molar-refractivity contribution < 1.29 is 9.53 Å². The normalized spacial score (nSPS) is 38.6. The molecular formula is C15H26O2. The van der Waals surface area contributed by atoms with Crippen LogP contribution in [0.2, 0.25) is 0 Å². The molecule has 0 saturated heterocycles. The topological polar surface area (TPSA) is 26.3 Å². The average Bonchev–Trinajstić information content (AvgIpc) is 2.70. The van der Waals surface area contributed by atoms with Crippen LogP contribution in [0.3, 0.4) is 0 Å². The van der Waals surface area contributed by atoms with Gasteiger partial charge in [-0.25, -0.2) is 0 Å². The molecule has 4 atom stereocenters. The maximum Gasteiger partial charge on any atom is 0.136 e. The maximum atomic E-state index is 11.5. The third-order valence-electron chi connectivity index (χ3n) is 4.80. The molecule has 0 bridgehead atoms. The third-order valence-corrected chi connectivity index (χ3v) is 4.80. The number of Topliss-reactive ketones (excluding diaryl/α,β-unsaturated/α-hetero) is 1. The fourth-order valence-corrected chi connectivity index (χ4v) is 3.22. The molecule has 0 spiro atoms. The van der Waals surface area contributed by atoms with E-state index in [9.17, 15) is 4.79 Å². The maximum absolute atomic E-state index is 11.5. The van der Waals surface area contributed by atoms with Crippen LogP contribution in [0.5, 0.6) is 0 Å². The van der Waals surface area contributed by atoms with Crippen LogP contribution in [0.15, 0.2) is 0 Å². The third kappa shape index (κ3) is 3.54. The molecule has 2 fully saturated rings. The molecule has 0 aromatic rings. The van der Waals surface area contributed by atoms with E-state index < -0.39 is 0 Å². The summed E-state index contributed by atoms with van der Waals surface area (Å²) in [5.41, 5.74) is 0. The number of ether oxygens (including phenoxy) is 1. The fourth-order valence-electron chi connectivity index (χ4n) is 3.22. The Morgan fingerprint density at radius 1 is 1.18 bits per heavy atom. The van der Waals surface area contributed by atoms with Crippen LogP contribution in [-0.2, 0) is 9.53 Å². The molecule has 4 unspecified atom stereocenters. The predicted octanol–water partition coefficient (Wildman–Crippen LogP) is 3.59. The van der Waals surface area contributed by atoms with E-state index in [4.69, 9.17) is 4.74 Å². The fraction of sp³-hybridized carbons (Fsp3) is 0.933. The number of rotatable bonds is 4. The lowest BCUT2D eigenvalue weighted by molar-refractivity contribution is -0.121. The highest BCUT2D eigenvalue weighted by molar-refractivity contribution is 5.82. The Labute approximate surface area is 105 Å². The van der Waals surface area contributed by atoms with Crippen molar-refractivity contribution in [2.75, 3.05) is 6.61 Å². The summed E-state index contributed by atoms with van der Waals surface area (Å²) in [6.45, 7) is 5.47. The van der Waals surface area contributed by atoms with Crippen molar-refractivity contribution in [2.45, 2.75) is 64.9 Å². The molecule has 17 heavy (non-hydrogen) atoms. The van der Waals surface area contributed by atoms with Gasteiger partial charge in [0.25, 0.3) is 0 Å². The number of hydrogen-bond donors (Lipinski definition) is 0. The smallest absolute Gasteiger partial charge is 0.136 e. The van der Waals surface area contributed by atoms with E-state index in [0.29, 0.717) is 17.8 Å². The molecule has 0 radical (unpaired) electrons. The molecule has 0 N–H and O–H groups in total. The van der Waals surface area contributed by atoms with Crippen molar-refractivity contribution in [2.24, 2.45) is 17.8 Å². The molecule has 2 aliphatic carbocycles. The van der Waals surface area contributed by atoms with E-state index in [2.05, 4.69) is 13.8 Å². The zero-order valence-electron chi connectivity index (χ0n) is 11.3. The van der Waals surface area contributed by atoms with Crippen LogP contribution in [0.25, 0.3) is 0 Å². The van der Waals surface area contributed by atoms with Gasteiger partial charge in [0.05, 0.1) is 6.10 Å². The summed E-state index contributed by atoms with van der Waals surface area (Å²) in [4.78, 5) is 11.5.